The minimum absolute atomic E-state index is 0.156. The summed E-state index contributed by atoms with van der Waals surface area (Å²) in [4.78, 5) is 16.3. The van der Waals surface area contributed by atoms with Gasteiger partial charge in [0.2, 0.25) is 0 Å². The Balaban J connectivity index is 2.55. The fourth-order valence-electron chi connectivity index (χ4n) is 2.21. The molecule has 2 aromatic rings. The number of aromatic carboxylic acids is 1. The van der Waals surface area contributed by atoms with E-state index in [1.807, 2.05) is 51.1 Å². The molecule has 0 saturated heterocycles. The van der Waals surface area contributed by atoms with Crippen molar-refractivity contribution in [3.8, 4) is 11.3 Å². The molecule has 1 N–H and O–H groups in total. The van der Waals surface area contributed by atoms with Crippen LogP contribution < -0.4 is 0 Å². The average Bonchev–Trinajstić information content (AvgIpc) is 2.84. The van der Waals surface area contributed by atoms with Crippen LogP contribution in [-0.2, 0) is 4.74 Å². The molecule has 1 aromatic carbocycles. The largest absolute Gasteiger partial charge is 0.477 e. The van der Waals surface area contributed by atoms with Crippen molar-refractivity contribution in [3.63, 3.8) is 0 Å². The van der Waals surface area contributed by atoms with Gasteiger partial charge in [0.05, 0.1) is 5.69 Å². The van der Waals surface area contributed by atoms with Crippen LogP contribution in [0.5, 0.6) is 0 Å². The second kappa shape index (κ2) is 5.95. The van der Waals surface area contributed by atoms with Crippen molar-refractivity contribution in [2.24, 2.45) is 5.41 Å². The first-order valence-electron chi connectivity index (χ1n) is 6.67. The molecule has 0 saturated carbocycles. The summed E-state index contributed by atoms with van der Waals surface area (Å²) in [5.41, 5.74) is 1.16. The number of rotatable bonds is 4. The first-order valence-corrected chi connectivity index (χ1v) is 7.48. The summed E-state index contributed by atoms with van der Waals surface area (Å²) in [5, 5.41) is 10.1. The van der Waals surface area contributed by atoms with E-state index in [0.717, 1.165) is 5.56 Å². The molecule has 0 radical (unpaired) electrons. The molecular weight excluding hydrogens is 286 g/mol. The fraction of sp³-hybridized carbons (Fsp3) is 0.375. The van der Waals surface area contributed by atoms with Crippen LogP contribution in [0.25, 0.3) is 11.3 Å². The Morgan fingerprint density at radius 2 is 1.90 bits per heavy atom. The van der Waals surface area contributed by atoms with Crippen molar-refractivity contribution >= 4 is 17.3 Å². The Labute approximate surface area is 128 Å². The maximum Gasteiger partial charge on any atom is 0.348 e. The molecule has 0 fully saturated rings. The second-order valence-corrected chi connectivity index (χ2v) is 6.91. The summed E-state index contributed by atoms with van der Waals surface area (Å²) >= 11 is 1.19. The lowest BCUT2D eigenvalue weighted by Gasteiger charge is -2.27. The number of thiazole rings is 1. The third kappa shape index (κ3) is 3.31. The van der Waals surface area contributed by atoms with Crippen LogP contribution in [-0.4, -0.2) is 23.2 Å². The van der Waals surface area contributed by atoms with Crippen molar-refractivity contribution in [2.75, 3.05) is 7.11 Å². The highest BCUT2D eigenvalue weighted by Gasteiger charge is 2.31. The number of ether oxygens (including phenoxy) is 1. The summed E-state index contributed by atoms with van der Waals surface area (Å²) in [5.74, 6) is -0.957. The lowest BCUT2D eigenvalue weighted by atomic mass is 9.89. The zero-order chi connectivity index (χ0) is 15.6. The predicted octanol–water partition coefficient (Wildman–Crippen LogP) is 4.24. The SMILES string of the molecule is COC(c1nc(-c2ccccc2)c(C(=O)O)s1)C(C)(C)C. The van der Waals surface area contributed by atoms with Gasteiger partial charge in [0.15, 0.2) is 0 Å². The molecule has 4 nitrogen and oxygen atoms in total. The highest BCUT2D eigenvalue weighted by Crippen LogP contribution is 2.40. The van der Waals surface area contributed by atoms with E-state index in [9.17, 15) is 9.90 Å². The summed E-state index contributed by atoms with van der Waals surface area (Å²) in [6, 6.07) is 9.37. The lowest BCUT2D eigenvalue weighted by Crippen LogP contribution is -2.19. The first kappa shape index (κ1) is 15.7. The molecule has 1 heterocycles. The number of benzene rings is 1. The van der Waals surface area contributed by atoms with Gasteiger partial charge in [-0.2, -0.15) is 0 Å². The molecule has 0 aliphatic rings. The Kier molecular flexibility index (Phi) is 4.44. The zero-order valence-electron chi connectivity index (χ0n) is 12.6. The van der Waals surface area contributed by atoms with Gasteiger partial charge in [-0.25, -0.2) is 9.78 Å². The van der Waals surface area contributed by atoms with Crippen molar-refractivity contribution in [1.29, 1.82) is 0 Å². The Morgan fingerprint density at radius 1 is 1.29 bits per heavy atom. The summed E-state index contributed by atoms with van der Waals surface area (Å²) in [7, 11) is 1.62. The van der Waals surface area contributed by atoms with Crippen LogP contribution in [0.3, 0.4) is 0 Å². The van der Waals surface area contributed by atoms with Gasteiger partial charge in [-0.1, -0.05) is 51.1 Å². The molecular formula is C16H19NO3S. The summed E-state index contributed by atoms with van der Waals surface area (Å²) in [6.45, 7) is 6.14. The Hall–Kier alpha value is -1.72. The van der Waals surface area contributed by atoms with Crippen molar-refractivity contribution in [2.45, 2.75) is 26.9 Å². The van der Waals surface area contributed by atoms with Gasteiger partial charge >= 0.3 is 5.97 Å². The van der Waals surface area contributed by atoms with E-state index in [1.165, 1.54) is 11.3 Å². The number of hydrogen-bond donors (Lipinski definition) is 1. The molecule has 5 heteroatoms. The van der Waals surface area contributed by atoms with Gasteiger partial charge in [-0.15, -0.1) is 11.3 Å². The van der Waals surface area contributed by atoms with Gasteiger partial charge in [0.1, 0.15) is 16.0 Å². The second-order valence-electron chi connectivity index (χ2n) is 5.88. The molecule has 0 bridgehead atoms. The number of hydrogen-bond acceptors (Lipinski definition) is 4. The number of methoxy groups -OCH3 is 1. The van der Waals surface area contributed by atoms with Crippen LogP contribution in [0.2, 0.25) is 0 Å². The quantitative estimate of drug-likeness (QED) is 0.917. The Morgan fingerprint density at radius 3 is 2.38 bits per heavy atom. The van der Waals surface area contributed by atoms with Crippen LogP contribution in [0.15, 0.2) is 30.3 Å². The van der Waals surface area contributed by atoms with Gasteiger partial charge in [0.25, 0.3) is 0 Å². The molecule has 2 rings (SSSR count). The maximum atomic E-state index is 11.5. The van der Waals surface area contributed by atoms with Gasteiger partial charge in [-0.05, 0) is 5.41 Å². The average molecular weight is 305 g/mol. The topological polar surface area (TPSA) is 59.4 Å². The van der Waals surface area contributed by atoms with Crippen LogP contribution >= 0.6 is 11.3 Å². The van der Waals surface area contributed by atoms with E-state index in [0.29, 0.717) is 10.7 Å². The van der Waals surface area contributed by atoms with Crippen LogP contribution in [0.4, 0.5) is 0 Å². The minimum atomic E-state index is -0.957. The molecule has 1 unspecified atom stereocenters. The third-order valence-corrected chi connectivity index (χ3v) is 4.22. The minimum Gasteiger partial charge on any atom is -0.477 e. The molecule has 1 aromatic heterocycles. The van der Waals surface area contributed by atoms with Gasteiger partial charge in [-0.3, -0.25) is 0 Å². The van der Waals surface area contributed by atoms with Gasteiger partial charge in [0, 0.05) is 12.7 Å². The number of nitrogens with zero attached hydrogens (tertiary/aromatic N) is 1. The first-order chi connectivity index (χ1) is 9.84. The van der Waals surface area contributed by atoms with Crippen molar-refractivity contribution < 1.29 is 14.6 Å². The highest BCUT2D eigenvalue weighted by molar-refractivity contribution is 7.14. The molecule has 21 heavy (non-hydrogen) atoms. The van der Waals surface area contributed by atoms with E-state index in [1.54, 1.807) is 7.11 Å². The smallest absolute Gasteiger partial charge is 0.348 e. The zero-order valence-corrected chi connectivity index (χ0v) is 13.4. The lowest BCUT2D eigenvalue weighted by molar-refractivity contribution is 0.0151. The summed E-state index contributed by atoms with van der Waals surface area (Å²) in [6.07, 6.45) is -0.238. The molecule has 112 valence electrons. The molecule has 0 aliphatic carbocycles. The maximum absolute atomic E-state index is 11.5. The van der Waals surface area contributed by atoms with Crippen molar-refractivity contribution in [1.82, 2.24) is 4.98 Å². The molecule has 1 atom stereocenters. The molecule has 0 aliphatic heterocycles. The predicted molar refractivity (Wildman–Crippen MR) is 83.7 cm³/mol. The van der Waals surface area contributed by atoms with Gasteiger partial charge < -0.3 is 9.84 Å². The van der Waals surface area contributed by atoms with E-state index in [2.05, 4.69) is 4.98 Å². The number of aromatic nitrogens is 1. The van der Waals surface area contributed by atoms with Crippen molar-refractivity contribution in [3.05, 3.63) is 40.2 Å². The summed E-state index contributed by atoms with van der Waals surface area (Å²) < 4.78 is 5.54. The number of carboxylic acid groups (broad SMARTS) is 1. The number of carboxylic acids is 1. The third-order valence-electron chi connectivity index (χ3n) is 3.13. The highest BCUT2D eigenvalue weighted by atomic mass is 32.1. The normalized spacial score (nSPS) is 13.1. The van der Waals surface area contributed by atoms with Crippen LogP contribution in [0.1, 0.15) is 41.6 Å². The molecule has 0 amide bonds. The standard InChI is InChI=1S/C16H19NO3S/c1-16(2,3)13(20-4)14-17-11(12(21-14)15(18)19)10-8-6-5-7-9-10/h5-9,13H,1-4H3,(H,18,19). The monoisotopic (exact) mass is 305 g/mol. The van der Waals surface area contributed by atoms with E-state index < -0.39 is 5.97 Å². The fourth-order valence-corrected chi connectivity index (χ4v) is 3.46. The molecule has 0 spiro atoms. The van der Waals surface area contributed by atoms with Crippen LogP contribution in [0, 0.1) is 5.41 Å². The van der Waals surface area contributed by atoms with E-state index in [-0.39, 0.29) is 16.4 Å². The Bertz CT molecular complexity index is 629. The van der Waals surface area contributed by atoms with E-state index in [4.69, 9.17) is 4.74 Å². The number of carbonyl (C=O) groups is 1. The van der Waals surface area contributed by atoms with E-state index >= 15 is 0 Å².